The summed E-state index contributed by atoms with van der Waals surface area (Å²) >= 11 is 6.18. The van der Waals surface area contributed by atoms with Crippen LogP contribution in [0.1, 0.15) is 35.7 Å². The molecule has 1 heterocycles. The van der Waals surface area contributed by atoms with E-state index >= 15 is 0 Å². The van der Waals surface area contributed by atoms with Gasteiger partial charge >= 0.3 is 0 Å². The van der Waals surface area contributed by atoms with Gasteiger partial charge < -0.3 is 4.90 Å². The number of amides is 1. The fraction of sp³-hybridized carbons (Fsp3) is 0.350. The minimum atomic E-state index is -3.69. The molecule has 0 saturated carbocycles. The highest BCUT2D eigenvalue weighted by Crippen LogP contribution is 2.28. The van der Waals surface area contributed by atoms with Crippen molar-refractivity contribution in [2.45, 2.75) is 31.2 Å². The average Bonchev–Trinajstić information content (AvgIpc) is 3.22. The van der Waals surface area contributed by atoms with E-state index in [2.05, 4.69) is 0 Å². The fourth-order valence-corrected chi connectivity index (χ4v) is 5.23. The number of carbonyl (C=O) groups excluding carboxylic acids is 1. The highest BCUT2D eigenvalue weighted by molar-refractivity contribution is 7.89. The van der Waals surface area contributed by atoms with Crippen molar-refractivity contribution in [1.29, 1.82) is 0 Å². The molecule has 1 amide bonds. The highest BCUT2D eigenvalue weighted by Gasteiger charge is 2.30. The molecule has 0 N–H and O–H groups in total. The highest BCUT2D eigenvalue weighted by atomic mass is 35.5. The Hall–Kier alpha value is -1.89. The smallest absolute Gasteiger partial charge is 0.254 e. The first kappa shape index (κ1) is 19.9. The largest absolute Gasteiger partial charge is 0.335 e. The van der Waals surface area contributed by atoms with Gasteiger partial charge in [-0.3, -0.25) is 4.79 Å². The topological polar surface area (TPSA) is 57.7 Å². The predicted octanol–water partition coefficient (Wildman–Crippen LogP) is 3.79. The molecule has 0 radical (unpaired) electrons. The Labute approximate surface area is 165 Å². The van der Waals surface area contributed by atoms with E-state index in [1.807, 2.05) is 37.3 Å². The van der Waals surface area contributed by atoms with E-state index in [0.29, 0.717) is 31.7 Å². The molecule has 27 heavy (non-hydrogen) atoms. The first-order valence-corrected chi connectivity index (χ1v) is 10.9. The van der Waals surface area contributed by atoms with E-state index in [4.69, 9.17) is 11.6 Å². The van der Waals surface area contributed by atoms with E-state index in [9.17, 15) is 13.2 Å². The Morgan fingerprint density at radius 2 is 1.78 bits per heavy atom. The summed E-state index contributed by atoms with van der Waals surface area (Å²) in [5.41, 5.74) is 1.35. The fourth-order valence-electron chi connectivity index (χ4n) is 3.22. The summed E-state index contributed by atoms with van der Waals surface area (Å²) in [7, 11) is -3.69. The van der Waals surface area contributed by atoms with E-state index in [1.54, 1.807) is 11.0 Å². The van der Waals surface area contributed by atoms with Crippen molar-refractivity contribution in [2.24, 2.45) is 0 Å². The molecule has 1 fully saturated rings. The van der Waals surface area contributed by atoms with Crippen molar-refractivity contribution in [3.63, 3.8) is 0 Å². The van der Waals surface area contributed by atoms with Gasteiger partial charge in [-0.15, -0.1) is 0 Å². The summed E-state index contributed by atoms with van der Waals surface area (Å²) in [6, 6.07) is 14.2. The van der Waals surface area contributed by atoms with Crippen LogP contribution in [0, 0.1) is 0 Å². The molecule has 7 heteroatoms. The molecule has 0 atom stereocenters. The van der Waals surface area contributed by atoms with Gasteiger partial charge in [-0.1, -0.05) is 41.9 Å². The molecular weight excluding hydrogens is 384 g/mol. The standard InChI is InChI=1S/C20H23ClN2O3S/c1-2-22(15-16-8-4-3-5-9-16)20(24)17-10-11-18(21)19(14-17)27(25,26)23-12-6-7-13-23/h3-5,8-11,14H,2,6-7,12-13,15H2,1H3. The number of hydrogen-bond donors (Lipinski definition) is 0. The lowest BCUT2D eigenvalue weighted by atomic mass is 10.1. The van der Waals surface area contributed by atoms with E-state index in [1.165, 1.54) is 16.4 Å². The Kier molecular flexibility index (Phi) is 6.19. The number of halogens is 1. The molecule has 0 spiro atoms. The van der Waals surface area contributed by atoms with Crippen molar-refractivity contribution in [3.8, 4) is 0 Å². The summed E-state index contributed by atoms with van der Waals surface area (Å²) in [4.78, 5) is 14.7. The Bertz CT molecular complexity index is 910. The number of sulfonamides is 1. The monoisotopic (exact) mass is 406 g/mol. The maximum absolute atomic E-state index is 13.0. The minimum Gasteiger partial charge on any atom is -0.335 e. The first-order chi connectivity index (χ1) is 12.9. The van der Waals surface area contributed by atoms with E-state index in [0.717, 1.165) is 18.4 Å². The third kappa shape index (κ3) is 4.34. The number of hydrogen-bond acceptors (Lipinski definition) is 3. The maximum atomic E-state index is 13.0. The Balaban J connectivity index is 1.89. The molecule has 1 aliphatic rings. The van der Waals surface area contributed by atoms with Gasteiger partial charge in [-0.05, 0) is 43.5 Å². The van der Waals surface area contributed by atoms with Crippen molar-refractivity contribution in [2.75, 3.05) is 19.6 Å². The van der Waals surface area contributed by atoms with Gasteiger partial charge in [-0.25, -0.2) is 8.42 Å². The summed E-state index contributed by atoms with van der Waals surface area (Å²) in [6.45, 7) is 3.87. The normalized spacial score (nSPS) is 15.0. The van der Waals surface area contributed by atoms with Crippen LogP contribution in [0.25, 0.3) is 0 Å². The molecule has 3 rings (SSSR count). The van der Waals surface area contributed by atoms with Crippen LogP contribution in [-0.2, 0) is 16.6 Å². The van der Waals surface area contributed by atoms with Crippen LogP contribution >= 0.6 is 11.6 Å². The third-order valence-electron chi connectivity index (χ3n) is 4.75. The molecule has 5 nitrogen and oxygen atoms in total. The predicted molar refractivity (Wildman–Crippen MR) is 106 cm³/mol. The van der Waals surface area contributed by atoms with E-state index in [-0.39, 0.29) is 15.8 Å². The molecule has 1 saturated heterocycles. The summed E-state index contributed by atoms with van der Waals surface area (Å²) < 4.78 is 27.2. The van der Waals surface area contributed by atoms with Gasteiger partial charge in [0.25, 0.3) is 5.91 Å². The van der Waals surface area contributed by atoms with Gasteiger partial charge in [0.15, 0.2) is 0 Å². The second kappa shape index (κ2) is 8.42. The maximum Gasteiger partial charge on any atom is 0.254 e. The van der Waals surface area contributed by atoms with Gasteiger partial charge in [0.2, 0.25) is 10.0 Å². The number of rotatable bonds is 6. The van der Waals surface area contributed by atoms with E-state index < -0.39 is 10.0 Å². The molecule has 0 bridgehead atoms. The Morgan fingerprint density at radius 3 is 2.41 bits per heavy atom. The van der Waals surface area contributed by atoms with Crippen LogP contribution in [0.2, 0.25) is 5.02 Å². The van der Waals surface area contributed by atoms with Crippen LogP contribution in [0.4, 0.5) is 0 Å². The molecule has 1 aliphatic heterocycles. The molecule has 144 valence electrons. The SMILES string of the molecule is CCN(Cc1ccccc1)C(=O)c1ccc(Cl)c(S(=O)(=O)N2CCCC2)c1. The quantitative estimate of drug-likeness (QED) is 0.733. The van der Waals surface area contributed by atoms with Gasteiger partial charge in [0.05, 0.1) is 5.02 Å². The lowest BCUT2D eigenvalue weighted by Crippen LogP contribution is -2.31. The molecule has 2 aromatic rings. The summed E-state index contributed by atoms with van der Waals surface area (Å²) in [5.74, 6) is -0.212. The average molecular weight is 407 g/mol. The van der Waals surface area contributed by atoms with Crippen LogP contribution in [-0.4, -0.2) is 43.2 Å². The van der Waals surface area contributed by atoms with Crippen LogP contribution < -0.4 is 0 Å². The Morgan fingerprint density at radius 1 is 1.11 bits per heavy atom. The zero-order valence-corrected chi connectivity index (χ0v) is 16.8. The molecule has 0 aliphatic carbocycles. The molecule has 0 unspecified atom stereocenters. The van der Waals surface area contributed by atoms with Crippen molar-refractivity contribution in [1.82, 2.24) is 9.21 Å². The lowest BCUT2D eigenvalue weighted by Gasteiger charge is -2.22. The summed E-state index contributed by atoms with van der Waals surface area (Å²) in [5, 5.41) is 0.143. The van der Waals surface area contributed by atoms with Gasteiger partial charge in [0.1, 0.15) is 4.90 Å². The number of nitrogens with zero attached hydrogens (tertiary/aromatic N) is 2. The third-order valence-corrected chi connectivity index (χ3v) is 7.13. The minimum absolute atomic E-state index is 0.00711. The summed E-state index contributed by atoms with van der Waals surface area (Å²) in [6.07, 6.45) is 1.69. The molecule has 2 aromatic carbocycles. The van der Waals surface area contributed by atoms with Crippen LogP contribution in [0.15, 0.2) is 53.4 Å². The number of carbonyl (C=O) groups is 1. The number of benzene rings is 2. The van der Waals surface area contributed by atoms with Crippen molar-refractivity contribution in [3.05, 3.63) is 64.7 Å². The van der Waals surface area contributed by atoms with Crippen LogP contribution in [0.5, 0.6) is 0 Å². The second-order valence-corrected chi connectivity index (χ2v) is 8.87. The second-order valence-electron chi connectivity index (χ2n) is 6.56. The first-order valence-electron chi connectivity index (χ1n) is 9.06. The van der Waals surface area contributed by atoms with Gasteiger partial charge in [0, 0.05) is 31.7 Å². The van der Waals surface area contributed by atoms with Crippen molar-refractivity contribution < 1.29 is 13.2 Å². The van der Waals surface area contributed by atoms with Crippen LogP contribution in [0.3, 0.4) is 0 Å². The zero-order valence-electron chi connectivity index (χ0n) is 15.3. The molecular formula is C20H23ClN2O3S. The van der Waals surface area contributed by atoms with Gasteiger partial charge in [-0.2, -0.15) is 4.31 Å². The molecule has 0 aromatic heterocycles. The zero-order chi connectivity index (χ0) is 19.4. The van der Waals surface area contributed by atoms with Crippen molar-refractivity contribution >= 4 is 27.5 Å². The lowest BCUT2D eigenvalue weighted by molar-refractivity contribution is 0.0752.